The molecule has 0 aliphatic heterocycles. The predicted molar refractivity (Wildman–Crippen MR) is 101 cm³/mol. The highest BCUT2D eigenvalue weighted by Gasteiger charge is 2.12. The first-order valence-corrected chi connectivity index (χ1v) is 8.19. The minimum absolute atomic E-state index is 0.150. The van der Waals surface area contributed by atoms with E-state index in [2.05, 4.69) is 10.6 Å². The summed E-state index contributed by atoms with van der Waals surface area (Å²) in [6, 6.07) is 14.2. The number of amides is 2. The van der Waals surface area contributed by atoms with E-state index < -0.39 is 5.91 Å². The van der Waals surface area contributed by atoms with Crippen LogP contribution in [-0.4, -0.2) is 25.5 Å². The maximum absolute atomic E-state index is 12.5. The molecule has 0 bridgehead atoms. The van der Waals surface area contributed by atoms with Gasteiger partial charge < -0.3 is 20.1 Å². The maximum Gasteiger partial charge on any atom is 0.272 e. The van der Waals surface area contributed by atoms with Gasteiger partial charge in [0.15, 0.2) is 0 Å². The summed E-state index contributed by atoms with van der Waals surface area (Å²) < 4.78 is 10.5. The normalized spacial score (nSPS) is 10.8. The molecule has 2 amide bonds. The van der Waals surface area contributed by atoms with Gasteiger partial charge in [-0.25, -0.2) is 0 Å². The molecule has 2 aromatic rings. The number of hydrogen-bond donors (Lipinski definition) is 2. The molecule has 0 fully saturated rings. The zero-order chi connectivity index (χ0) is 18.9. The molecule has 0 saturated carbocycles. The number of anilines is 1. The fourth-order valence-corrected chi connectivity index (χ4v) is 2.21. The van der Waals surface area contributed by atoms with E-state index in [9.17, 15) is 9.59 Å². The zero-order valence-corrected chi connectivity index (χ0v) is 15.0. The van der Waals surface area contributed by atoms with Gasteiger partial charge in [-0.15, -0.1) is 0 Å². The molecular formula is C20H22N2O4. The number of carbonyl (C=O) groups excluding carboxylic acids is 2. The van der Waals surface area contributed by atoms with Gasteiger partial charge in [0.25, 0.3) is 5.91 Å². The largest absolute Gasteiger partial charge is 0.497 e. The van der Waals surface area contributed by atoms with Gasteiger partial charge >= 0.3 is 0 Å². The lowest BCUT2D eigenvalue weighted by molar-refractivity contribution is -0.120. The highest BCUT2D eigenvalue weighted by atomic mass is 16.5. The standard InChI is InChI=1S/C20H22N2O4/c1-4-26-18-11-7-16(8-12-18)22-20(24)19(21-14(2)23)13-15-5-9-17(25-3)10-6-15/h5-13H,4H2,1-3H3,(H,21,23)(H,22,24). The second kappa shape index (κ2) is 9.27. The van der Waals surface area contributed by atoms with E-state index in [0.717, 1.165) is 11.3 Å². The summed E-state index contributed by atoms with van der Waals surface area (Å²) in [6.45, 7) is 3.83. The molecule has 2 N–H and O–H groups in total. The summed E-state index contributed by atoms with van der Waals surface area (Å²) in [4.78, 5) is 24.0. The molecule has 0 aliphatic rings. The molecule has 26 heavy (non-hydrogen) atoms. The Kier molecular flexibility index (Phi) is 6.79. The summed E-state index contributed by atoms with van der Waals surface area (Å²) in [5, 5.41) is 5.32. The third-order valence-electron chi connectivity index (χ3n) is 3.41. The van der Waals surface area contributed by atoms with Crippen molar-refractivity contribution in [1.82, 2.24) is 5.32 Å². The van der Waals surface area contributed by atoms with Crippen LogP contribution in [0.2, 0.25) is 0 Å². The van der Waals surface area contributed by atoms with Crippen LogP contribution >= 0.6 is 0 Å². The van der Waals surface area contributed by atoms with Gasteiger partial charge in [0.2, 0.25) is 5.91 Å². The Morgan fingerprint density at radius 3 is 2.15 bits per heavy atom. The summed E-state index contributed by atoms with van der Waals surface area (Å²) in [6.07, 6.45) is 1.60. The van der Waals surface area contributed by atoms with Crippen molar-refractivity contribution >= 4 is 23.6 Å². The molecule has 0 heterocycles. The lowest BCUT2D eigenvalue weighted by Crippen LogP contribution is -2.28. The Bertz CT molecular complexity index is 780. The van der Waals surface area contributed by atoms with Gasteiger partial charge in [0.1, 0.15) is 17.2 Å². The smallest absolute Gasteiger partial charge is 0.272 e. The van der Waals surface area contributed by atoms with Crippen molar-refractivity contribution in [3.63, 3.8) is 0 Å². The van der Waals surface area contributed by atoms with E-state index in [1.54, 1.807) is 61.7 Å². The number of ether oxygens (including phenoxy) is 2. The first-order valence-electron chi connectivity index (χ1n) is 8.19. The predicted octanol–water partition coefficient (Wildman–Crippen LogP) is 3.21. The molecule has 2 rings (SSSR count). The Morgan fingerprint density at radius 1 is 1.00 bits per heavy atom. The Morgan fingerprint density at radius 2 is 1.62 bits per heavy atom. The minimum Gasteiger partial charge on any atom is -0.497 e. The van der Waals surface area contributed by atoms with E-state index >= 15 is 0 Å². The van der Waals surface area contributed by atoms with Crippen LogP contribution in [0.15, 0.2) is 54.2 Å². The van der Waals surface area contributed by atoms with Crippen molar-refractivity contribution in [2.24, 2.45) is 0 Å². The number of hydrogen-bond acceptors (Lipinski definition) is 4. The molecule has 6 heteroatoms. The molecule has 0 aromatic heterocycles. The molecule has 0 radical (unpaired) electrons. The number of benzene rings is 2. The molecule has 136 valence electrons. The molecule has 6 nitrogen and oxygen atoms in total. The summed E-state index contributed by atoms with van der Waals surface area (Å²) in [7, 11) is 1.58. The number of nitrogens with one attached hydrogen (secondary N) is 2. The fourth-order valence-electron chi connectivity index (χ4n) is 2.21. The van der Waals surface area contributed by atoms with Gasteiger partial charge in [0, 0.05) is 12.6 Å². The van der Waals surface area contributed by atoms with Crippen LogP contribution in [0.5, 0.6) is 11.5 Å². The Balaban J connectivity index is 2.17. The average Bonchev–Trinajstić information content (AvgIpc) is 2.63. The molecule has 0 spiro atoms. The highest BCUT2D eigenvalue weighted by molar-refractivity contribution is 6.08. The van der Waals surface area contributed by atoms with Crippen LogP contribution < -0.4 is 20.1 Å². The molecule has 0 unspecified atom stereocenters. The van der Waals surface area contributed by atoms with Crippen LogP contribution in [0.4, 0.5) is 5.69 Å². The summed E-state index contributed by atoms with van der Waals surface area (Å²) in [5.41, 5.74) is 1.51. The third kappa shape index (κ3) is 5.66. The monoisotopic (exact) mass is 354 g/mol. The van der Waals surface area contributed by atoms with Crippen molar-refractivity contribution in [3.05, 3.63) is 59.8 Å². The number of carbonyl (C=O) groups is 2. The average molecular weight is 354 g/mol. The van der Waals surface area contributed by atoms with Crippen molar-refractivity contribution in [1.29, 1.82) is 0 Å². The lowest BCUT2D eigenvalue weighted by atomic mass is 10.1. The van der Waals surface area contributed by atoms with E-state index in [-0.39, 0.29) is 11.6 Å². The SMILES string of the molecule is CCOc1ccc(NC(=O)C(=Cc2ccc(OC)cc2)NC(C)=O)cc1. The van der Waals surface area contributed by atoms with Crippen LogP contribution in [0.25, 0.3) is 6.08 Å². The number of methoxy groups -OCH3 is 1. The van der Waals surface area contributed by atoms with Crippen molar-refractivity contribution in [3.8, 4) is 11.5 Å². The second-order valence-corrected chi connectivity index (χ2v) is 5.42. The number of rotatable bonds is 7. The molecule has 0 saturated heterocycles. The molecule has 2 aromatic carbocycles. The quantitative estimate of drug-likeness (QED) is 0.749. The zero-order valence-electron chi connectivity index (χ0n) is 15.0. The van der Waals surface area contributed by atoms with Crippen LogP contribution in [0, 0.1) is 0 Å². The van der Waals surface area contributed by atoms with Gasteiger partial charge in [-0.3, -0.25) is 9.59 Å². The highest BCUT2D eigenvalue weighted by Crippen LogP contribution is 2.17. The van der Waals surface area contributed by atoms with Gasteiger partial charge in [-0.2, -0.15) is 0 Å². The first-order chi connectivity index (χ1) is 12.5. The van der Waals surface area contributed by atoms with Crippen molar-refractivity contribution in [2.75, 3.05) is 19.0 Å². The van der Waals surface area contributed by atoms with E-state index in [1.807, 2.05) is 6.92 Å². The van der Waals surface area contributed by atoms with E-state index in [0.29, 0.717) is 18.0 Å². The maximum atomic E-state index is 12.5. The van der Waals surface area contributed by atoms with Crippen molar-refractivity contribution < 1.29 is 19.1 Å². The van der Waals surface area contributed by atoms with E-state index in [1.165, 1.54) is 6.92 Å². The molecule has 0 atom stereocenters. The summed E-state index contributed by atoms with van der Waals surface area (Å²) in [5.74, 6) is 0.690. The van der Waals surface area contributed by atoms with Crippen molar-refractivity contribution in [2.45, 2.75) is 13.8 Å². The minimum atomic E-state index is -0.417. The van der Waals surface area contributed by atoms with Crippen LogP contribution in [0.1, 0.15) is 19.4 Å². The first kappa shape index (κ1) is 19.1. The summed E-state index contributed by atoms with van der Waals surface area (Å²) >= 11 is 0. The van der Waals surface area contributed by atoms with Gasteiger partial charge in [-0.05, 0) is 55.0 Å². The topological polar surface area (TPSA) is 76.7 Å². The third-order valence-corrected chi connectivity index (χ3v) is 3.41. The lowest BCUT2D eigenvalue weighted by Gasteiger charge is -2.11. The van der Waals surface area contributed by atoms with Gasteiger partial charge in [-0.1, -0.05) is 12.1 Å². The van der Waals surface area contributed by atoms with Crippen LogP contribution in [0.3, 0.4) is 0 Å². The van der Waals surface area contributed by atoms with Crippen LogP contribution in [-0.2, 0) is 9.59 Å². The van der Waals surface area contributed by atoms with E-state index in [4.69, 9.17) is 9.47 Å². The second-order valence-electron chi connectivity index (χ2n) is 5.42. The van der Waals surface area contributed by atoms with Gasteiger partial charge in [0.05, 0.1) is 13.7 Å². The Hall–Kier alpha value is -3.28. The molecule has 0 aliphatic carbocycles. The Labute approximate surface area is 152 Å². The fraction of sp³-hybridized carbons (Fsp3) is 0.200. The molecular weight excluding hydrogens is 332 g/mol.